The predicted octanol–water partition coefficient (Wildman–Crippen LogP) is 2.85. The summed E-state index contributed by atoms with van der Waals surface area (Å²) in [5, 5.41) is 0.330. The zero-order chi connectivity index (χ0) is 13.5. The van der Waals surface area contributed by atoms with Gasteiger partial charge in [0.1, 0.15) is 12.1 Å². The number of hydrogen-bond donors (Lipinski definition) is 1. The monoisotopic (exact) mass is 279 g/mol. The molecular formula is C15H18FNOS. The van der Waals surface area contributed by atoms with Crippen molar-refractivity contribution in [3.8, 4) is 0 Å². The molecule has 0 bridgehead atoms. The number of carbonyl (C=O) groups is 1. The summed E-state index contributed by atoms with van der Waals surface area (Å²) in [5.41, 5.74) is 0.287. The second-order valence-corrected chi connectivity index (χ2v) is 6.44. The van der Waals surface area contributed by atoms with Crippen molar-refractivity contribution in [2.75, 3.05) is 13.1 Å². The van der Waals surface area contributed by atoms with Crippen LogP contribution in [0.5, 0.6) is 0 Å². The quantitative estimate of drug-likeness (QED) is 0.675. The summed E-state index contributed by atoms with van der Waals surface area (Å²) in [6, 6.07) is 6.72. The molecule has 1 aliphatic carbocycles. The molecular weight excluding hydrogens is 261 g/mol. The summed E-state index contributed by atoms with van der Waals surface area (Å²) in [6.45, 7) is 1.72. The van der Waals surface area contributed by atoms with Crippen LogP contribution >= 0.6 is 12.6 Å². The fraction of sp³-hybridized carbons (Fsp3) is 0.533. The lowest BCUT2D eigenvalue weighted by Crippen LogP contribution is -2.34. The summed E-state index contributed by atoms with van der Waals surface area (Å²) in [6.07, 6.45) is 3.77. The third kappa shape index (κ3) is 2.32. The number of benzene rings is 1. The summed E-state index contributed by atoms with van der Waals surface area (Å²) >= 11 is 4.51. The minimum absolute atomic E-state index is 0.122. The minimum atomic E-state index is -0.375. The second-order valence-electron chi connectivity index (χ2n) is 5.71. The van der Waals surface area contributed by atoms with E-state index in [1.54, 1.807) is 6.07 Å². The molecule has 1 heterocycles. The van der Waals surface area contributed by atoms with E-state index < -0.39 is 0 Å². The van der Waals surface area contributed by atoms with Crippen molar-refractivity contribution < 1.29 is 9.18 Å². The van der Waals surface area contributed by atoms with E-state index in [1.165, 1.54) is 6.07 Å². The first-order valence-electron chi connectivity index (χ1n) is 6.79. The number of halogens is 1. The molecule has 4 heteroatoms. The van der Waals surface area contributed by atoms with E-state index in [-0.39, 0.29) is 17.3 Å². The van der Waals surface area contributed by atoms with Gasteiger partial charge in [-0.1, -0.05) is 18.2 Å². The van der Waals surface area contributed by atoms with Gasteiger partial charge < -0.3 is 4.79 Å². The molecule has 2 aliphatic rings. The van der Waals surface area contributed by atoms with Gasteiger partial charge in [0.25, 0.3) is 0 Å². The van der Waals surface area contributed by atoms with Gasteiger partial charge in [0.05, 0.1) is 0 Å². The Kier molecular flexibility index (Phi) is 3.39. The molecule has 2 atom stereocenters. The molecule has 2 fully saturated rings. The fourth-order valence-electron chi connectivity index (χ4n) is 3.17. The Labute approximate surface area is 118 Å². The molecule has 1 saturated heterocycles. The van der Waals surface area contributed by atoms with Crippen molar-refractivity contribution >= 4 is 18.9 Å². The highest BCUT2D eigenvalue weighted by Gasteiger charge is 2.53. The van der Waals surface area contributed by atoms with Gasteiger partial charge in [-0.25, -0.2) is 4.39 Å². The van der Waals surface area contributed by atoms with E-state index in [0.29, 0.717) is 10.8 Å². The fourth-order valence-corrected chi connectivity index (χ4v) is 3.49. The Hall–Kier alpha value is -0.870. The van der Waals surface area contributed by atoms with Crippen LogP contribution in [0.3, 0.4) is 0 Å². The molecule has 1 aromatic carbocycles. The van der Waals surface area contributed by atoms with Gasteiger partial charge in [0.2, 0.25) is 0 Å². The molecule has 0 spiro atoms. The lowest BCUT2D eigenvalue weighted by Gasteiger charge is -2.32. The Morgan fingerprint density at radius 1 is 1.42 bits per heavy atom. The molecule has 3 rings (SSSR count). The van der Waals surface area contributed by atoms with E-state index >= 15 is 0 Å². The maximum absolute atomic E-state index is 14.1. The highest BCUT2D eigenvalue weighted by Crippen LogP contribution is 2.56. The number of rotatable bonds is 4. The predicted molar refractivity (Wildman–Crippen MR) is 75.8 cm³/mol. The Morgan fingerprint density at radius 2 is 2.16 bits per heavy atom. The van der Waals surface area contributed by atoms with Crippen LogP contribution in [0.15, 0.2) is 24.3 Å². The highest BCUT2D eigenvalue weighted by molar-refractivity contribution is 7.81. The van der Waals surface area contributed by atoms with Crippen molar-refractivity contribution in [2.45, 2.75) is 30.6 Å². The maximum atomic E-state index is 14.1. The molecule has 1 aliphatic heterocycles. The van der Waals surface area contributed by atoms with Crippen LogP contribution in [0.2, 0.25) is 0 Å². The van der Waals surface area contributed by atoms with Crippen LogP contribution in [-0.4, -0.2) is 29.5 Å². The van der Waals surface area contributed by atoms with Gasteiger partial charge in [-0.15, -0.1) is 0 Å². The van der Waals surface area contributed by atoms with Gasteiger partial charge >= 0.3 is 0 Å². The summed E-state index contributed by atoms with van der Waals surface area (Å²) < 4.78 is 14.1. The van der Waals surface area contributed by atoms with Crippen molar-refractivity contribution in [3.05, 3.63) is 35.6 Å². The molecule has 19 heavy (non-hydrogen) atoms. The van der Waals surface area contributed by atoms with Crippen LogP contribution in [0.25, 0.3) is 0 Å². The van der Waals surface area contributed by atoms with Crippen molar-refractivity contribution in [3.63, 3.8) is 0 Å². The van der Waals surface area contributed by atoms with Gasteiger partial charge in [0, 0.05) is 28.8 Å². The smallest absolute Gasteiger partial charge is 0.128 e. The molecule has 0 aromatic heterocycles. The standard InChI is InChI=1S/C15H18FNOS/c16-13-4-2-1-3-12(13)14(15(10-18)6-7-15)17-8-5-11(19)9-17/h1-4,10-11,14,19H,5-9H2. The second kappa shape index (κ2) is 4.91. The average Bonchev–Trinajstić information content (AvgIpc) is 3.08. The Balaban J connectivity index is 1.98. The maximum Gasteiger partial charge on any atom is 0.128 e. The van der Waals surface area contributed by atoms with E-state index in [2.05, 4.69) is 17.5 Å². The molecule has 0 N–H and O–H groups in total. The Morgan fingerprint density at radius 3 is 2.68 bits per heavy atom. The lowest BCUT2D eigenvalue weighted by molar-refractivity contribution is -0.114. The highest BCUT2D eigenvalue weighted by atomic mass is 32.1. The largest absolute Gasteiger partial charge is 0.303 e. The van der Waals surface area contributed by atoms with Gasteiger partial charge in [-0.3, -0.25) is 4.90 Å². The van der Waals surface area contributed by atoms with Crippen LogP contribution in [0.4, 0.5) is 4.39 Å². The van der Waals surface area contributed by atoms with Crippen LogP contribution in [-0.2, 0) is 4.79 Å². The minimum Gasteiger partial charge on any atom is -0.303 e. The van der Waals surface area contributed by atoms with Crippen LogP contribution < -0.4 is 0 Å². The SMILES string of the molecule is O=CC1(C(c2ccccc2F)N2CCC(S)C2)CC1. The lowest BCUT2D eigenvalue weighted by atomic mass is 9.89. The third-order valence-corrected chi connectivity index (χ3v) is 4.79. The summed E-state index contributed by atoms with van der Waals surface area (Å²) in [5.74, 6) is -0.205. The first-order chi connectivity index (χ1) is 9.16. The molecule has 1 saturated carbocycles. The normalized spacial score (nSPS) is 27.2. The van der Waals surface area contributed by atoms with Gasteiger partial charge in [0.15, 0.2) is 0 Å². The van der Waals surface area contributed by atoms with Crippen molar-refractivity contribution in [1.29, 1.82) is 0 Å². The average molecular weight is 279 g/mol. The van der Waals surface area contributed by atoms with Crippen LogP contribution in [0, 0.1) is 11.2 Å². The molecule has 1 aromatic rings. The molecule has 0 amide bonds. The molecule has 2 unspecified atom stereocenters. The van der Waals surface area contributed by atoms with E-state index in [4.69, 9.17) is 0 Å². The number of likely N-dealkylation sites (tertiary alicyclic amines) is 1. The van der Waals surface area contributed by atoms with E-state index in [0.717, 1.165) is 38.6 Å². The summed E-state index contributed by atoms with van der Waals surface area (Å²) in [7, 11) is 0. The molecule has 2 nitrogen and oxygen atoms in total. The zero-order valence-corrected chi connectivity index (χ0v) is 11.7. The number of carbonyl (C=O) groups excluding carboxylic acids is 1. The van der Waals surface area contributed by atoms with Crippen LogP contribution in [0.1, 0.15) is 30.9 Å². The van der Waals surface area contributed by atoms with Gasteiger partial charge in [-0.05, 0) is 31.9 Å². The Bertz CT molecular complexity index is 489. The first-order valence-corrected chi connectivity index (χ1v) is 7.31. The molecule has 102 valence electrons. The number of hydrogen-bond acceptors (Lipinski definition) is 3. The summed E-state index contributed by atoms with van der Waals surface area (Å²) in [4.78, 5) is 13.7. The topological polar surface area (TPSA) is 20.3 Å². The first kappa shape index (κ1) is 13.1. The number of nitrogens with zero attached hydrogens (tertiary/aromatic N) is 1. The number of thiol groups is 1. The van der Waals surface area contributed by atoms with Crippen molar-refractivity contribution in [1.82, 2.24) is 4.90 Å². The van der Waals surface area contributed by atoms with Crippen molar-refractivity contribution in [2.24, 2.45) is 5.41 Å². The zero-order valence-electron chi connectivity index (χ0n) is 10.8. The third-order valence-electron chi connectivity index (χ3n) is 4.37. The number of aldehydes is 1. The van der Waals surface area contributed by atoms with E-state index in [1.807, 2.05) is 12.1 Å². The van der Waals surface area contributed by atoms with Gasteiger partial charge in [-0.2, -0.15) is 12.6 Å². The molecule has 0 radical (unpaired) electrons. The van der Waals surface area contributed by atoms with E-state index in [9.17, 15) is 9.18 Å².